The molecule has 0 radical (unpaired) electrons. The fraction of sp³-hybridized carbons (Fsp3) is 0.562. The highest BCUT2D eigenvalue weighted by Crippen LogP contribution is 2.38. The fourth-order valence-corrected chi connectivity index (χ4v) is 6.36. The molecular weight excluding hydrogens is 607 g/mol. The van der Waals surface area contributed by atoms with Crippen LogP contribution in [0.15, 0.2) is 36.4 Å². The SMILES string of the molecule is COC(=O)C1CCC(CN2CCN(C(=O)NC[C@H](C)c3cc(C(F)(F)F)cc(C(F)(F)F)c3)C(c3ccc(F)cc3C)C2)CC1. The number of hydrogen-bond acceptors (Lipinski definition) is 4. The lowest BCUT2D eigenvalue weighted by atomic mass is 9.81. The maximum Gasteiger partial charge on any atom is 0.416 e. The van der Waals surface area contributed by atoms with Crippen LogP contribution in [-0.2, 0) is 21.9 Å². The third-order valence-electron chi connectivity index (χ3n) is 8.95. The third-order valence-corrected chi connectivity index (χ3v) is 8.95. The number of rotatable bonds is 7. The van der Waals surface area contributed by atoms with Gasteiger partial charge in [0.05, 0.1) is 30.2 Å². The van der Waals surface area contributed by atoms with E-state index in [0.29, 0.717) is 43.2 Å². The monoisotopic (exact) mass is 645 g/mol. The van der Waals surface area contributed by atoms with Crippen LogP contribution >= 0.6 is 0 Å². The average Bonchev–Trinajstić information content (AvgIpc) is 2.98. The normalized spacial score (nSPS) is 22.2. The number of hydrogen-bond donors (Lipinski definition) is 1. The zero-order valence-electron chi connectivity index (χ0n) is 25.4. The predicted octanol–water partition coefficient (Wildman–Crippen LogP) is 7.32. The number of urea groups is 1. The van der Waals surface area contributed by atoms with Crippen molar-refractivity contribution in [3.05, 3.63) is 70.0 Å². The summed E-state index contributed by atoms with van der Waals surface area (Å²) in [6.45, 7) is 5.06. The van der Waals surface area contributed by atoms with Crippen LogP contribution in [0.1, 0.15) is 72.4 Å². The molecule has 0 bridgehead atoms. The number of carbonyl (C=O) groups is 2. The molecule has 248 valence electrons. The van der Waals surface area contributed by atoms with Gasteiger partial charge in [0.25, 0.3) is 0 Å². The summed E-state index contributed by atoms with van der Waals surface area (Å²) < 4.78 is 99.1. The second-order valence-electron chi connectivity index (χ2n) is 12.1. The minimum absolute atomic E-state index is 0.0781. The van der Waals surface area contributed by atoms with Crippen LogP contribution in [0, 0.1) is 24.6 Å². The lowest BCUT2D eigenvalue weighted by molar-refractivity contribution is -0.147. The van der Waals surface area contributed by atoms with Gasteiger partial charge in [0.15, 0.2) is 0 Å². The van der Waals surface area contributed by atoms with Crippen molar-refractivity contribution < 1.29 is 45.1 Å². The Balaban J connectivity index is 1.47. The van der Waals surface area contributed by atoms with Crippen LogP contribution in [0.2, 0.25) is 0 Å². The van der Waals surface area contributed by atoms with Gasteiger partial charge >= 0.3 is 24.4 Å². The van der Waals surface area contributed by atoms with Crippen LogP contribution < -0.4 is 5.32 Å². The molecule has 2 atom stereocenters. The minimum Gasteiger partial charge on any atom is -0.469 e. The Morgan fingerprint density at radius 1 is 0.956 bits per heavy atom. The first-order valence-electron chi connectivity index (χ1n) is 15.0. The molecule has 6 nitrogen and oxygen atoms in total. The molecular formula is C32H38F7N3O3. The van der Waals surface area contributed by atoms with Crippen molar-refractivity contribution in [1.82, 2.24) is 15.1 Å². The number of ether oxygens (including phenoxy) is 1. The maximum absolute atomic E-state index is 14.0. The number of esters is 1. The highest BCUT2D eigenvalue weighted by atomic mass is 19.4. The number of alkyl halides is 6. The molecule has 1 N–H and O–H groups in total. The molecule has 1 unspecified atom stereocenters. The smallest absolute Gasteiger partial charge is 0.416 e. The largest absolute Gasteiger partial charge is 0.469 e. The van der Waals surface area contributed by atoms with Crippen LogP contribution in [0.25, 0.3) is 0 Å². The lowest BCUT2D eigenvalue weighted by Gasteiger charge is -2.43. The molecule has 2 aromatic carbocycles. The lowest BCUT2D eigenvalue weighted by Crippen LogP contribution is -2.54. The van der Waals surface area contributed by atoms with Gasteiger partial charge in [0, 0.05) is 32.7 Å². The van der Waals surface area contributed by atoms with E-state index in [1.54, 1.807) is 17.9 Å². The highest BCUT2D eigenvalue weighted by Gasteiger charge is 2.38. The fourth-order valence-electron chi connectivity index (χ4n) is 6.36. The first-order valence-corrected chi connectivity index (χ1v) is 15.0. The van der Waals surface area contributed by atoms with E-state index in [4.69, 9.17) is 4.74 Å². The van der Waals surface area contributed by atoms with Crippen LogP contribution in [0.3, 0.4) is 0 Å². The number of nitrogens with zero attached hydrogens (tertiary/aromatic N) is 2. The third kappa shape index (κ3) is 8.68. The van der Waals surface area contributed by atoms with Crippen molar-refractivity contribution in [2.75, 3.05) is 39.8 Å². The Labute approximate surface area is 257 Å². The Kier molecular flexibility index (Phi) is 10.7. The molecule has 2 aromatic rings. The summed E-state index contributed by atoms with van der Waals surface area (Å²) in [7, 11) is 1.39. The van der Waals surface area contributed by atoms with Crippen LogP contribution in [0.5, 0.6) is 0 Å². The predicted molar refractivity (Wildman–Crippen MR) is 153 cm³/mol. The zero-order valence-corrected chi connectivity index (χ0v) is 25.4. The number of nitrogens with one attached hydrogen (secondary N) is 1. The topological polar surface area (TPSA) is 61.9 Å². The van der Waals surface area contributed by atoms with Gasteiger partial charge in [0.2, 0.25) is 0 Å². The first-order chi connectivity index (χ1) is 21.1. The Hall–Kier alpha value is -3.35. The molecule has 0 aromatic heterocycles. The average molecular weight is 646 g/mol. The standard InChI is InChI=1S/C32H38F7N3O3/c1-19-12-26(33)8-9-27(19)28-18-41(17-21-4-6-22(7-5-21)29(43)45-3)10-11-42(28)30(44)40-16-20(2)23-13-24(31(34,35)36)15-25(14-23)32(37,38)39/h8-9,12-15,20-22,28H,4-7,10-11,16-18H2,1-3H3,(H,40,44)/t20-,21?,22?,28?/m0/s1. The van der Waals surface area contributed by atoms with Crippen molar-refractivity contribution in [1.29, 1.82) is 0 Å². The number of benzene rings is 2. The van der Waals surface area contributed by atoms with E-state index in [0.717, 1.165) is 37.8 Å². The summed E-state index contributed by atoms with van der Waals surface area (Å²) in [6, 6.07) is 4.77. The molecule has 1 saturated carbocycles. The quantitative estimate of drug-likeness (QED) is 0.253. The van der Waals surface area contributed by atoms with Gasteiger partial charge in [-0.25, -0.2) is 9.18 Å². The van der Waals surface area contributed by atoms with Gasteiger partial charge in [-0.3, -0.25) is 9.69 Å². The summed E-state index contributed by atoms with van der Waals surface area (Å²) in [5.74, 6) is -1.21. The molecule has 1 aliphatic carbocycles. The number of methoxy groups -OCH3 is 1. The van der Waals surface area contributed by atoms with Gasteiger partial charge in [-0.1, -0.05) is 13.0 Å². The summed E-state index contributed by atoms with van der Waals surface area (Å²) in [4.78, 5) is 29.2. The van der Waals surface area contributed by atoms with E-state index in [1.165, 1.54) is 26.2 Å². The molecule has 2 fully saturated rings. The molecule has 2 aliphatic rings. The van der Waals surface area contributed by atoms with Crippen molar-refractivity contribution in [2.45, 2.75) is 63.8 Å². The number of aryl methyl sites for hydroxylation is 1. The zero-order chi connectivity index (χ0) is 33.1. The van der Waals surface area contributed by atoms with Crippen molar-refractivity contribution in [2.24, 2.45) is 11.8 Å². The Bertz CT molecular complexity index is 1320. The minimum atomic E-state index is -4.97. The van der Waals surface area contributed by atoms with E-state index in [-0.39, 0.29) is 30.1 Å². The summed E-state index contributed by atoms with van der Waals surface area (Å²) >= 11 is 0. The number of amides is 2. The van der Waals surface area contributed by atoms with E-state index < -0.39 is 47.3 Å². The van der Waals surface area contributed by atoms with Gasteiger partial charge in [-0.05, 0) is 91.5 Å². The summed E-state index contributed by atoms with van der Waals surface area (Å²) in [5, 5.41) is 2.70. The van der Waals surface area contributed by atoms with E-state index in [9.17, 15) is 40.3 Å². The highest BCUT2D eigenvalue weighted by molar-refractivity contribution is 5.75. The molecule has 0 spiro atoms. The number of carbonyl (C=O) groups excluding carboxylic acids is 2. The number of piperazine rings is 1. The maximum atomic E-state index is 14.0. The summed E-state index contributed by atoms with van der Waals surface area (Å²) in [6.07, 6.45) is -6.73. The molecule has 1 heterocycles. The molecule has 1 aliphatic heterocycles. The second kappa shape index (κ2) is 14.0. The van der Waals surface area contributed by atoms with Gasteiger partial charge in [-0.15, -0.1) is 0 Å². The summed E-state index contributed by atoms with van der Waals surface area (Å²) in [5.41, 5.74) is -1.63. The van der Waals surface area contributed by atoms with E-state index in [1.807, 2.05) is 0 Å². The van der Waals surface area contributed by atoms with Crippen LogP contribution in [-0.4, -0.2) is 61.6 Å². The molecule has 13 heteroatoms. The van der Waals surface area contributed by atoms with Crippen molar-refractivity contribution >= 4 is 12.0 Å². The molecule has 1 saturated heterocycles. The second-order valence-corrected chi connectivity index (χ2v) is 12.1. The molecule has 45 heavy (non-hydrogen) atoms. The first kappa shape index (κ1) is 34.5. The van der Waals surface area contributed by atoms with Crippen molar-refractivity contribution in [3.8, 4) is 0 Å². The van der Waals surface area contributed by atoms with Crippen molar-refractivity contribution in [3.63, 3.8) is 0 Å². The van der Waals surface area contributed by atoms with Gasteiger partial charge in [0.1, 0.15) is 5.82 Å². The molecule has 2 amide bonds. The van der Waals surface area contributed by atoms with E-state index >= 15 is 0 Å². The van der Waals surface area contributed by atoms with Crippen LogP contribution in [0.4, 0.5) is 35.5 Å². The Morgan fingerprint density at radius 3 is 2.13 bits per heavy atom. The number of halogens is 7. The Morgan fingerprint density at radius 2 is 1.58 bits per heavy atom. The van der Waals surface area contributed by atoms with Gasteiger partial charge in [-0.2, -0.15) is 26.3 Å². The van der Waals surface area contributed by atoms with E-state index in [2.05, 4.69) is 10.2 Å². The van der Waals surface area contributed by atoms with Gasteiger partial charge < -0.3 is 15.0 Å². The molecule has 4 rings (SSSR count).